The van der Waals surface area contributed by atoms with E-state index in [9.17, 15) is 14.7 Å². The van der Waals surface area contributed by atoms with Crippen LogP contribution >= 0.6 is 0 Å². The molecule has 7 nitrogen and oxygen atoms in total. The Kier molecular flexibility index (Phi) is 7.21. The molecular weight excluding hydrogens is 324 g/mol. The van der Waals surface area contributed by atoms with Crippen molar-refractivity contribution in [2.75, 3.05) is 45.9 Å². The molecule has 1 fully saturated rings. The molecule has 1 saturated heterocycles. The third-order valence-electron chi connectivity index (χ3n) is 4.06. The van der Waals surface area contributed by atoms with Crippen molar-refractivity contribution < 1.29 is 24.2 Å². The molecule has 1 aliphatic rings. The number of para-hydroxylation sites is 1. The van der Waals surface area contributed by atoms with Gasteiger partial charge < -0.3 is 19.5 Å². The largest absolute Gasteiger partial charge is 0.490 e. The zero-order valence-corrected chi connectivity index (χ0v) is 14.8. The van der Waals surface area contributed by atoms with Crippen molar-refractivity contribution >= 4 is 11.9 Å². The lowest BCUT2D eigenvalue weighted by Crippen LogP contribution is -2.51. The second-order valence-corrected chi connectivity index (χ2v) is 6.00. The first-order valence-corrected chi connectivity index (χ1v) is 8.56. The van der Waals surface area contributed by atoms with Crippen LogP contribution in [0.5, 0.6) is 5.75 Å². The van der Waals surface area contributed by atoms with E-state index in [-0.39, 0.29) is 18.5 Å². The smallest absolute Gasteiger partial charge is 0.409 e. The predicted octanol–water partition coefficient (Wildman–Crippen LogP) is 1.40. The molecule has 1 atom stereocenters. The fourth-order valence-electron chi connectivity index (χ4n) is 2.75. The van der Waals surface area contributed by atoms with Crippen molar-refractivity contribution in [1.29, 1.82) is 0 Å². The van der Waals surface area contributed by atoms with E-state index >= 15 is 0 Å². The molecule has 0 radical (unpaired) electrons. The Labute approximate surface area is 148 Å². The molecule has 1 amide bonds. The lowest BCUT2D eigenvalue weighted by molar-refractivity contribution is 0.0405. The van der Waals surface area contributed by atoms with Gasteiger partial charge in [0.25, 0.3) is 0 Å². The lowest BCUT2D eigenvalue weighted by Gasteiger charge is -2.34. The summed E-state index contributed by atoms with van der Waals surface area (Å²) in [5.41, 5.74) is 0.512. The van der Waals surface area contributed by atoms with Gasteiger partial charge >= 0.3 is 6.09 Å². The Bertz CT molecular complexity index is 585. The van der Waals surface area contributed by atoms with Crippen LogP contribution in [0.1, 0.15) is 24.2 Å². The Balaban J connectivity index is 1.76. The number of amides is 1. The maximum Gasteiger partial charge on any atom is 0.409 e. The van der Waals surface area contributed by atoms with E-state index in [4.69, 9.17) is 9.47 Å². The summed E-state index contributed by atoms with van der Waals surface area (Å²) >= 11 is 0. The Morgan fingerprint density at radius 2 is 1.88 bits per heavy atom. The lowest BCUT2D eigenvalue weighted by atomic mass is 10.1. The highest BCUT2D eigenvalue weighted by Crippen LogP contribution is 2.18. The number of Topliss-reactive ketones (excluding diaryl/α,β-unsaturated/α-hetero) is 1. The van der Waals surface area contributed by atoms with Gasteiger partial charge in [-0.3, -0.25) is 9.69 Å². The topological polar surface area (TPSA) is 79.3 Å². The average molecular weight is 350 g/mol. The van der Waals surface area contributed by atoms with E-state index in [2.05, 4.69) is 4.90 Å². The maximum atomic E-state index is 11.7. The second kappa shape index (κ2) is 9.39. The van der Waals surface area contributed by atoms with Crippen molar-refractivity contribution in [3.8, 4) is 5.75 Å². The van der Waals surface area contributed by atoms with Gasteiger partial charge in [-0.1, -0.05) is 12.1 Å². The highest BCUT2D eigenvalue weighted by molar-refractivity contribution is 5.96. The molecule has 138 valence electrons. The van der Waals surface area contributed by atoms with Crippen molar-refractivity contribution in [3.63, 3.8) is 0 Å². The molecule has 2 rings (SSSR count). The maximum absolute atomic E-state index is 11.7. The summed E-state index contributed by atoms with van der Waals surface area (Å²) in [5, 5.41) is 10.2. The predicted molar refractivity (Wildman–Crippen MR) is 93.0 cm³/mol. The second-order valence-electron chi connectivity index (χ2n) is 6.00. The molecule has 1 N–H and O–H groups in total. The van der Waals surface area contributed by atoms with Crippen molar-refractivity contribution in [1.82, 2.24) is 9.80 Å². The third-order valence-corrected chi connectivity index (χ3v) is 4.06. The molecule has 25 heavy (non-hydrogen) atoms. The van der Waals surface area contributed by atoms with Crippen LogP contribution in [0.15, 0.2) is 24.3 Å². The van der Waals surface area contributed by atoms with Gasteiger partial charge in [-0.15, -0.1) is 0 Å². The quantitative estimate of drug-likeness (QED) is 0.749. The van der Waals surface area contributed by atoms with E-state index in [1.165, 1.54) is 6.92 Å². The average Bonchev–Trinajstić information content (AvgIpc) is 2.61. The van der Waals surface area contributed by atoms with Crippen LogP contribution in [-0.4, -0.2) is 78.8 Å². The summed E-state index contributed by atoms with van der Waals surface area (Å²) in [5.74, 6) is 0.418. The normalized spacial score (nSPS) is 16.4. The fourth-order valence-corrected chi connectivity index (χ4v) is 2.75. The first-order valence-electron chi connectivity index (χ1n) is 8.56. The van der Waals surface area contributed by atoms with Crippen LogP contribution in [0.2, 0.25) is 0 Å². The molecular formula is C18H26N2O5. The SMILES string of the molecule is CCOC(=O)N1CCN(CC(O)COc2ccccc2C(C)=O)CC1. The number of aliphatic hydroxyl groups excluding tert-OH is 1. The first kappa shape index (κ1) is 19.2. The number of nitrogens with zero attached hydrogens (tertiary/aromatic N) is 2. The minimum atomic E-state index is -0.672. The fraction of sp³-hybridized carbons (Fsp3) is 0.556. The summed E-state index contributed by atoms with van der Waals surface area (Å²) in [6.07, 6.45) is -0.957. The molecule has 1 heterocycles. The number of hydrogen-bond donors (Lipinski definition) is 1. The third kappa shape index (κ3) is 5.72. The highest BCUT2D eigenvalue weighted by atomic mass is 16.6. The van der Waals surface area contributed by atoms with Gasteiger partial charge in [0.1, 0.15) is 18.5 Å². The molecule has 0 saturated carbocycles. The van der Waals surface area contributed by atoms with Gasteiger partial charge in [-0.05, 0) is 26.0 Å². The molecule has 7 heteroatoms. The number of benzene rings is 1. The van der Waals surface area contributed by atoms with Gasteiger partial charge in [-0.2, -0.15) is 0 Å². The van der Waals surface area contributed by atoms with Crippen LogP contribution in [0, 0.1) is 0 Å². The standard InChI is InChI=1S/C18H26N2O5/c1-3-24-18(23)20-10-8-19(9-11-20)12-15(22)13-25-17-7-5-4-6-16(17)14(2)21/h4-7,15,22H,3,8-13H2,1-2H3. The van der Waals surface area contributed by atoms with Gasteiger partial charge in [0.15, 0.2) is 5.78 Å². The number of aliphatic hydroxyl groups is 1. The minimum absolute atomic E-state index is 0.0693. The number of ketones is 1. The van der Waals surface area contributed by atoms with Crippen LogP contribution in [-0.2, 0) is 4.74 Å². The summed E-state index contributed by atoms with van der Waals surface area (Å²) in [6.45, 7) is 6.74. The molecule has 1 aromatic rings. The Morgan fingerprint density at radius 1 is 1.20 bits per heavy atom. The number of carbonyl (C=O) groups excluding carboxylic acids is 2. The van der Waals surface area contributed by atoms with Crippen LogP contribution in [0.4, 0.5) is 4.79 Å². The number of ether oxygens (including phenoxy) is 2. The van der Waals surface area contributed by atoms with Crippen LogP contribution in [0.25, 0.3) is 0 Å². The van der Waals surface area contributed by atoms with E-state index < -0.39 is 6.10 Å². The van der Waals surface area contributed by atoms with Crippen molar-refractivity contribution in [2.45, 2.75) is 20.0 Å². The van der Waals surface area contributed by atoms with E-state index in [1.807, 2.05) is 0 Å². The number of carbonyl (C=O) groups is 2. The molecule has 0 bridgehead atoms. The molecule has 0 spiro atoms. The van der Waals surface area contributed by atoms with Gasteiger partial charge in [0.05, 0.1) is 12.2 Å². The Morgan fingerprint density at radius 3 is 2.52 bits per heavy atom. The zero-order chi connectivity index (χ0) is 18.2. The minimum Gasteiger partial charge on any atom is -0.490 e. The molecule has 1 aliphatic heterocycles. The number of piperazine rings is 1. The van der Waals surface area contributed by atoms with Gasteiger partial charge in [0, 0.05) is 32.7 Å². The monoisotopic (exact) mass is 350 g/mol. The van der Waals surface area contributed by atoms with Crippen molar-refractivity contribution in [2.24, 2.45) is 0 Å². The summed E-state index contributed by atoms with van der Waals surface area (Å²) < 4.78 is 10.6. The highest BCUT2D eigenvalue weighted by Gasteiger charge is 2.23. The number of hydrogen-bond acceptors (Lipinski definition) is 6. The first-order chi connectivity index (χ1) is 12.0. The zero-order valence-electron chi connectivity index (χ0n) is 14.8. The van der Waals surface area contributed by atoms with Crippen molar-refractivity contribution in [3.05, 3.63) is 29.8 Å². The van der Waals surface area contributed by atoms with Crippen LogP contribution in [0.3, 0.4) is 0 Å². The molecule has 1 aromatic carbocycles. The molecule has 1 unspecified atom stereocenters. The van der Waals surface area contributed by atoms with E-state index in [0.717, 1.165) is 0 Å². The summed E-state index contributed by atoms with van der Waals surface area (Å²) in [7, 11) is 0. The van der Waals surface area contributed by atoms with Gasteiger partial charge in [-0.25, -0.2) is 4.79 Å². The van der Waals surface area contributed by atoms with Crippen LogP contribution < -0.4 is 4.74 Å². The molecule has 0 aliphatic carbocycles. The summed E-state index contributed by atoms with van der Waals surface area (Å²) in [4.78, 5) is 27.0. The Hall–Kier alpha value is -2.12. The molecule has 0 aromatic heterocycles. The van der Waals surface area contributed by atoms with Gasteiger partial charge in [0.2, 0.25) is 0 Å². The summed E-state index contributed by atoms with van der Waals surface area (Å²) in [6, 6.07) is 7.01. The van der Waals surface area contributed by atoms with E-state index in [1.54, 1.807) is 36.1 Å². The number of β-amino-alcohol motifs (C(OH)–C–C–N with tert-alkyl or cyclic N) is 1. The number of rotatable bonds is 7. The van der Waals surface area contributed by atoms with E-state index in [0.29, 0.717) is 50.6 Å².